The van der Waals surface area contributed by atoms with Gasteiger partial charge < -0.3 is 10.1 Å². The highest BCUT2D eigenvalue weighted by atomic mass is 35.5. The van der Waals surface area contributed by atoms with Crippen LogP contribution in [-0.4, -0.2) is 25.0 Å². The predicted molar refractivity (Wildman–Crippen MR) is 94.6 cm³/mol. The fourth-order valence-electron chi connectivity index (χ4n) is 2.91. The van der Waals surface area contributed by atoms with Gasteiger partial charge in [-0.05, 0) is 30.5 Å². The summed E-state index contributed by atoms with van der Waals surface area (Å²) in [5.41, 5.74) is 1.27. The summed E-state index contributed by atoms with van der Waals surface area (Å²) in [6.07, 6.45) is 3.29. The van der Waals surface area contributed by atoms with Gasteiger partial charge in [0.1, 0.15) is 4.88 Å². The maximum atomic E-state index is 12.0. The smallest absolute Gasteiger partial charge is 0.348 e. The van der Waals surface area contributed by atoms with Gasteiger partial charge in [-0.15, -0.1) is 11.3 Å². The highest BCUT2D eigenvalue weighted by molar-refractivity contribution is 7.17. The van der Waals surface area contributed by atoms with E-state index in [-0.39, 0.29) is 17.9 Å². The van der Waals surface area contributed by atoms with Gasteiger partial charge in [-0.2, -0.15) is 0 Å². The van der Waals surface area contributed by atoms with Crippen molar-refractivity contribution >= 4 is 34.8 Å². The summed E-state index contributed by atoms with van der Waals surface area (Å²) in [5, 5.41) is 2.90. The molecule has 1 aliphatic carbocycles. The molecule has 24 heavy (non-hydrogen) atoms. The lowest BCUT2D eigenvalue weighted by atomic mass is 9.64. The summed E-state index contributed by atoms with van der Waals surface area (Å²) in [6, 6.07) is 13.5. The van der Waals surface area contributed by atoms with Crippen LogP contribution in [0.4, 0.5) is 0 Å². The number of carbonyl (C=O) groups is 2. The summed E-state index contributed by atoms with van der Waals surface area (Å²) in [4.78, 5) is 24.2. The summed E-state index contributed by atoms with van der Waals surface area (Å²) >= 11 is 6.91. The van der Waals surface area contributed by atoms with Crippen molar-refractivity contribution in [1.82, 2.24) is 5.32 Å². The van der Waals surface area contributed by atoms with Crippen LogP contribution in [0, 0.1) is 0 Å². The van der Waals surface area contributed by atoms with Gasteiger partial charge in [0.05, 0.1) is 4.34 Å². The zero-order valence-electron chi connectivity index (χ0n) is 13.1. The van der Waals surface area contributed by atoms with Gasteiger partial charge >= 0.3 is 5.97 Å². The van der Waals surface area contributed by atoms with Gasteiger partial charge in [0, 0.05) is 12.0 Å². The number of halogens is 1. The fourth-order valence-corrected chi connectivity index (χ4v) is 3.84. The molecule has 0 atom stereocenters. The van der Waals surface area contributed by atoms with Gasteiger partial charge in [-0.1, -0.05) is 48.4 Å². The molecule has 1 aromatic carbocycles. The molecule has 6 heteroatoms. The van der Waals surface area contributed by atoms with Crippen LogP contribution in [0.2, 0.25) is 4.34 Å². The number of rotatable bonds is 6. The standard InChI is InChI=1S/C18H18ClNO3S/c19-15-8-7-14(24-15)17(22)23-11-16(21)20-12-18(9-4-10-18)13-5-2-1-3-6-13/h1-3,5-8H,4,9-12H2,(H,20,21). The molecule has 0 aliphatic heterocycles. The third-order valence-electron chi connectivity index (χ3n) is 4.43. The zero-order valence-corrected chi connectivity index (χ0v) is 14.7. The van der Waals surface area contributed by atoms with Crippen molar-refractivity contribution in [3.63, 3.8) is 0 Å². The predicted octanol–water partition coefficient (Wildman–Crippen LogP) is 3.80. The Kier molecular flexibility index (Phi) is 5.21. The maximum absolute atomic E-state index is 12.0. The largest absolute Gasteiger partial charge is 0.451 e. The molecule has 0 radical (unpaired) electrons. The number of carbonyl (C=O) groups excluding carboxylic acids is 2. The Labute approximate surface area is 149 Å². The second-order valence-electron chi connectivity index (χ2n) is 5.96. The van der Waals surface area contributed by atoms with Crippen molar-refractivity contribution in [2.24, 2.45) is 0 Å². The van der Waals surface area contributed by atoms with E-state index in [1.807, 2.05) is 18.2 Å². The van der Waals surface area contributed by atoms with Gasteiger partial charge in [0.25, 0.3) is 5.91 Å². The van der Waals surface area contributed by atoms with E-state index >= 15 is 0 Å². The molecule has 3 rings (SSSR count). The van der Waals surface area contributed by atoms with Crippen molar-refractivity contribution in [3.05, 3.63) is 57.2 Å². The van der Waals surface area contributed by atoms with E-state index < -0.39 is 5.97 Å². The third-order valence-corrected chi connectivity index (χ3v) is 5.64. The van der Waals surface area contributed by atoms with Gasteiger partial charge in [0.2, 0.25) is 0 Å². The Balaban J connectivity index is 1.49. The van der Waals surface area contributed by atoms with Crippen LogP contribution in [0.1, 0.15) is 34.5 Å². The molecule has 0 saturated heterocycles. The van der Waals surface area contributed by atoms with Crippen LogP contribution < -0.4 is 5.32 Å². The number of esters is 1. The molecule has 1 amide bonds. The first-order chi connectivity index (χ1) is 11.6. The van der Waals surface area contributed by atoms with Crippen LogP contribution in [-0.2, 0) is 14.9 Å². The zero-order chi connectivity index (χ0) is 17.0. The fraction of sp³-hybridized carbons (Fsp3) is 0.333. The SMILES string of the molecule is O=C(COC(=O)c1ccc(Cl)s1)NCC1(c2ccccc2)CCC1. The maximum Gasteiger partial charge on any atom is 0.348 e. The second kappa shape index (κ2) is 7.36. The first-order valence-corrected chi connectivity index (χ1v) is 9.03. The summed E-state index contributed by atoms with van der Waals surface area (Å²) in [7, 11) is 0. The van der Waals surface area contributed by atoms with Crippen molar-refractivity contribution in [1.29, 1.82) is 0 Å². The highest BCUT2D eigenvalue weighted by Gasteiger charge is 2.38. The molecule has 1 aliphatic rings. The van der Waals surface area contributed by atoms with E-state index in [1.165, 1.54) is 12.0 Å². The molecule has 1 saturated carbocycles. The molecule has 0 unspecified atom stereocenters. The topological polar surface area (TPSA) is 55.4 Å². The quantitative estimate of drug-likeness (QED) is 0.794. The van der Waals surface area contributed by atoms with E-state index in [0.717, 1.165) is 24.2 Å². The Hall–Kier alpha value is -1.85. The molecular formula is C18H18ClNO3S. The Morgan fingerprint density at radius 3 is 2.50 bits per heavy atom. The minimum atomic E-state index is -0.525. The first-order valence-electron chi connectivity index (χ1n) is 7.84. The molecule has 1 aromatic heterocycles. The average Bonchev–Trinajstić information content (AvgIpc) is 2.99. The van der Waals surface area contributed by atoms with Crippen molar-refractivity contribution in [3.8, 4) is 0 Å². The van der Waals surface area contributed by atoms with E-state index in [0.29, 0.717) is 15.8 Å². The van der Waals surface area contributed by atoms with Gasteiger partial charge in [0.15, 0.2) is 6.61 Å². The summed E-state index contributed by atoms with van der Waals surface area (Å²) in [5.74, 6) is -0.809. The van der Waals surface area contributed by atoms with E-state index in [1.54, 1.807) is 12.1 Å². The van der Waals surface area contributed by atoms with Crippen LogP contribution in [0.5, 0.6) is 0 Å². The number of benzene rings is 1. The van der Waals surface area contributed by atoms with Crippen LogP contribution in [0.3, 0.4) is 0 Å². The number of amides is 1. The molecular weight excluding hydrogens is 346 g/mol. The van der Waals surface area contributed by atoms with Crippen LogP contribution in [0.25, 0.3) is 0 Å². The Bertz CT molecular complexity index is 725. The number of nitrogens with one attached hydrogen (secondary N) is 1. The Morgan fingerprint density at radius 2 is 1.92 bits per heavy atom. The Morgan fingerprint density at radius 1 is 1.17 bits per heavy atom. The summed E-state index contributed by atoms with van der Waals surface area (Å²) in [6.45, 7) is 0.289. The van der Waals surface area contributed by atoms with E-state index in [2.05, 4.69) is 17.4 Å². The lowest BCUT2D eigenvalue weighted by molar-refractivity contribution is -0.124. The molecule has 1 fully saturated rings. The number of hydrogen-bond donors (Lipinski definition) is 1. The van der Waals surface area contributed by atoms with Crippen molar-refractivity contribution < 1.29 is 14.3 Å². The lowest BCUT2D eigenvalue weighted by Crippen LogP contribution is -2.46. The third kappa shape index (κ3) is 3.79. The van der Waals surface area contributed by atoms with Crippen LogP contribution in [0.15, 0.2) is 42.5 Å². The normalized spacial score (nSPS) is 15.4. The monoisotopic (exact) mass is 363 g/mol. The average molecular weight is 364 g/mol. The molecule has 126 valence electrons. The second-order valence-corrected chi connectivity index (χ2v) is 7.67. The minimum Gasteiger partial charge on any atom is -0.451 e. The molecule has 0 spiro atoms. The van der Waals surface area contributed by atoms with E-state index in [9.17, 15) is 9.59 Å². The first kappa shape index (κ1) is 17.0. The molecule has 0 bridgehead atoms. The van der Waals surface area contributed by atoms with Gasteiger partial charge in [-0.25, -0.2) is 4.79 Å². The number of ether oxygens (including phenoxy) is 1. The molecule has 1 N–H and O–H groups in total. The minimum absolute atomic E-state index is 0.0161. The lowest BCUT2D eigenvalue weighted by Gasteiger charge is -2.42. The van der Waals surface area contributed by atoms with Crippen molar-refractivity contribution in [2.45, 2.75) is 24.7 Å². The van der Waals surface area contributed by atoms with Gasteiger partial charge in [-0.3, -0.25) is 4.79 Å². The van der Waals surface area contributed by atoms with E-state index in [4.69, 9.17) is 16.3 Å². The van der Waals surface area contributed by atoms with Crippen LogP contribution >= 0.6 is 22.9 Å². The number of thiophene rings is 1. The molecule has 1 heterocycles. The van der Waals surface area contributed by atoms with Crippen molar-refractivity contribution in [2.75, 3.05) is 13.2 Å². The highest BCUT2D eigenvalue weighted by Crippen LogP contribution is 2.43. The molecule has 4 nitrogen and oxygen atoms in total. The summed E-state index contributed by atoms with van der Waals surface area (Å²) < 4.78 is 5.54. The number of hydrogen-bond acceptors (Lipinski definition) is 4. The molecule has 2 aromatic rings.